The molecule has 5 aromatic rings. The maximum atomic E-state index is 16.6. The largest absolute Gasteiger partial charge is 0.367 e. The number of nitriles is 1. The lowest BCUT2D eigenvalue weighted by Crippen LogP contribution is -2.46. The van der Waals surface area contributed by atoms with Crippen LogP contribution in [0.4, 0.5) is 4.39 Å². The van der Waals surface area contributed by atoms with Gasteiger partial charge >= 0.3 is 13.4 Å². The molecule has 1 N–H and O–H groups in total. The van der Waals surface area contributed by atoms with Gasteiger partial charge in [-0.3, -0.25) is 23.0 Å². The van der Waals surface area contributed by atoms with Crippen LogP contribution in [0, 0.1) is 11.3 Å². The lowest BCUT2D eigenvalue weighted by atomic mass is 10.0. The molecule has 0 radical (unpaired) electrons. The van der Waals surface area contributed by atoms with Crippen LogP contribution in [0.5, 0.6) is 0 Å². The first-order chi connectivity index (χ1) is 27.1. The third-order valence-electron chi connectivity index (χ3n) is 9.72. The molecule has 0 saturated carbocycles. The van der Waals surface area contributed by atoms with E-state index in [1.807, 2.05) is 12.1 Å². The predicted molar refractivity (Wildman–Crippen MR) is 195 cm³/mol. The minimum Gasteiger partial charge on any atom is -0.367 e. The van der Waals surface area contributed by atoms with E-state index in [4.69, 9.17) is 60.4 Å². The average molecular weight is 846 g/mol. The van der Waals surface area contributed by atoms with Crippen molar-refractivity contribution in [1.82, 2.24) is 39.0 Å². The van der Waals surface area contributed by atoms with E-state index >= 15 is 4.39 Å². The fourth-order valence-corrected chi connectivity index (χ4v) is 10.7. The fraction of sp³-hybridized carbons (Fsp3) is 0.438. The zero-order chi connectivity index (χ0) is 38.7. The Hall–Kier alpha value is -3.65. The highest BCUT2D eigenvalue weighted by Crippen LogP contribution is 2.60. The summed E-state index contributed by atoms with van der Waals surface area (Å²) in [6.07, 6.45) is -2.12. The van der Waals surface area contributed by atoms with E-state index in [1.54, 1.807) is 28.8 Å². The molecule has 0 spiro atoms. The number of Topliss-reactive ketones (excluding diaryl/α,β-unsaturated/α-hetero) is 1. The third-order valence-corrected chi connectivity index (χ3v) is 13.6. The topological polar surface area (TPSA) is 222 Å². The molecule has 4 fully saturated rings. The van der Waals surface area contributed by atoms with Crippen molar-refractivity contribution in [2.75, 3.05) is 26.4 Å². The summed E-state index contributed by atoms with van der Waals surface area (Å²) >= 11 is 11.3. The minimum absolute atomic E-state index is 0.0320. The molecular weight excluding hydrogens is 815 g/mol. The number of carbonyl (C=O) groups is 1. The van der Waals surface area contributed by atoms with Crippen molar-refractivity contribution < 1.29 is 50.9 Å². The quantitative estimate of drug-likeness (QED) is 0.135. The lowest BCUT2D eigenvalue weighted by Gasteiger charge is -2.35. The molecule has 4 aliphatic heterocycles. The summed E-state index contributed by atoms with van der Waals surface area (Å²) in [5.41, 5.74) is 0.827. The Bertz CT molecular complexity index is 2440. The number of nitrogens with zero attached hydrogens (tertiary/aromatic N) is 9. The van der Waals surface area contributed by atoms with E-state index < -0.39 is 75.3 Å². The molecule has 19 nitrogen and oxygen atoms in total. The van der Waals surface area contributed by atoms with Gasteiger partial charge in [0, 0.05) is 5.56 Å². The molecule has 10 atom stereocenters. The van der Waals surface area contributed by atoms with Gasteiger partial charge in [0.2, 0.25) is 0 Å². The Labute approximate surface area is 326 Å². The van der Waals surface area contributed by atoms with E-state index in [1.165, 1.54) is 36.1 Å². The maximum absolute atomic E-state index is 16.6. The first-order valence-corrected chi connectivity index (χ1v) is 22.3. The van der Waals surface area contributed by atoms with E-state index in [9.17, 15) is 14.9 Å². The van der Waals surface area contributed by atoms with Crippen molar-refractivity contribution in [3.05, 3.63) is 73.1 Å². The molecule has 4 saturated heterocycles. The molecule has 8 heterocycles. The summed E-state index contributed by atoms with van der Waals surface area (Å²) in [7, 11) is 0. The standard InChI is InChI=1S/C32H30FN9O10P2S2/c33-23-25-22(49-30(23)41-16-39-20-10-35-14-37-28(20)41)11-47-53(44,55)52-27-26-31(50-32(27,12-45-26)13-48-54(56,51-25)46-8-4-7-34)42-17-40-24-19(36-15-38-29(24)42)9-21(43)18-5-2-1-3-6-18/h1-3,5-6,10,14-17,22-23,25-27,30-31H,4,8-9,11-13H2,(H,44,55)/t22-,23-,25-,26-,27+,30-,31-,32+,53?,54?/m1/s1. The summed E-state index contributed by atoms with van der Waals surface area (Å²) in [4.78, 5) is 50.2. The summed E-state index contributed by atoms with van der Waals surface area (Å²) in [6, 6.07) is 10.8. The van der Waals surface area contributed by atoms with E-state index in [2.05, 4.69) is 29.9 Å². The third kappa shape index (κ3) is 6.90. The molecule has 4 aromatic heterocycles. The lowest BCUT2D eigenvalue weighted by molar-refractivity contribution is -0.183. The Morgan fingerprint density at radius 1 is 1.02 bits per heavy atom. The minimum atomic E-state index is -4.15. The first kappa shape index (κ1) is 37.9. The van der Waals surface area contributed by atoms with Gasteiger partial charge < -0.3 is 32.7 Å². The highest BCUT2D eigenvalue weighted by atomic mass is 32.5. The molecule has 1 aromatic carbocycles. The van der Waals surface area contributed by atoms with Crippen LogP contribution >= 0.6 is 13.4 Å². The van der Waals surface area contributed by atoms with Crippen molar-refractivity contribution in [2.24, 2.45) is 0 Å². The van der Waals surface area contributed by atoms with Crippen molar-refractivity contribution in [1.29, 1.82) is 5.26 Å². The molecule has 56 heavy (non-hydrogen) atoms. The molecule has 0 aliphatic carbocycles. The second kappa shape index (κ2) is 14.9. The van der Waals surface area contributed by atoms with Gasteiger partial charge in [-0.25, -0.2) is 34.3 Å². The number of rotatable bonds is 8. The number of aromatic nitrogens is 8. The van der Waals surface area contributed by atoms with Gasteiger partial charge in [0.05, 0.1) is 69.9 Å². The number of fused-ring (bicyclic) bond motifs is 3. The van der Waals surface area contributed by atoms with Gasteiger partial charge in [-0.05, 0) is 23.6 Å². The second-order valence-corrected chi connectivity index (χ2v) is 18.9. The van der Waals surface area contributed by atoms with Crippen molar-refractivity contribution in [2.45, 2.75) is 61.5 Å². The van der Waals surface area contributed by atoms with E-state index in [0.717, 1.165) is 0 Å². The highest BCUT2D eigenvalue weighted by Gasteiger charge is 2.65. The van der Waals surface area contributed by atoms with Gasteiger partial charge in [0.15, 0.2) is 35.7 Å². The van der Waals surface area contributed by atoms with Crippen LogP contribution in [-0.2, 0) is 66.9 Å². The van der Waals surface area contributed by atoms with Gasteiger partial charge in [0.25, 0.3) is 0 Å². The SMILES string of the molecule is N#CCCOP1(=S)OC[C@]23CO[C@@H]([C@H](n4cnc5c(CC(=O)c6ccccc6)ncnc54)O2)[C@@H]3OP(O)(=S)OC[C@H]2O[C@@H](n3cnc4cncnc43)[C@H](F)[C@@H]2O1. The van der Waals surface area contributed by atoms with E-state index in [-0.39, 0.29) is 31.8 Å². The average Bonchev–Trinajstić information content (AvgIpc) is 4.02. The number of imidazole rings is 2. The second-order valence-electron chi connectivity index (χ2n) is 13.2. The van der Waals surface area contributed by atoms with Crippen molar-refractivity contribution in [3.8, 4) is 6.07 Å². The molecule has 292 valence electrons. The number of ketones is 1. The Kier molecular flexibility index (Phi) is 10.1. The van der Waals surface area contributed by atoms with Crippen LogP contribution in [0.15, 0.2) is 61.8 Å². The molecule has 4 aliphatic rings. The molecule has 9 rings (SSSR count). The summed E-state index contributed by atoms with van der Waals surface area (Å²) < 4.78 is 68.8. The monoisotopic (exact) mass is 845 g/mol. The number of alkyl halides is 1. The molecule has 24 heteroatoms. The zero-order valence-corrected chi connectivity index (χ0v) is 32.2. The number of hydrogen-bond donors (Lipinski definition) is 1. The van der Waals surface area contributed by atoms with Gasteiger partial charge in [-0.1, -0.05) is 30.3 Å². The zero-order valence-electron chi connectivity index (χ0n) is 28.8. The van der Waals surface area contributed by atoms with Crippen LogP contribution in [0.2, 0.25) is 0 Å². The number of hydrogen-bond acceptors (Lipinski definition) is 18. The van der Waals surface area contributed by atoms with Crippen LogP contribution in [0.1, 0.15) is 34.9 Å². The Morgan fingerprint density at radius 2 is 1.82 bits per heavy atom. The van der Waals surface area contributed by atoms with E-state index in [0.29, 0.717) is 33.6 Å². The first-order valence-electron chi connectivity index (χ1n) is 17.1. The number of carbonyl (C=O) groups excluding carboxylic acids is 1. The van der Waals surface area contributed by atoms with Gasteiger partial charge in [-0.15, -0.1) is 0 Å². The molecular formula is C32H30FN9O10P2S2. The summed E-state index contributed by atoms with van der Waals surface area (Å²) in [5.74, 6) is -0.154. The van der Waals surface area contributed by atoms with Gasteiger partial charge in [-0.2, -0.15) is 5.26 Å². The maximum Gasteiger partial charge on any atom is 0.327 e. The molecule has 0 amide bonds. The summed E-state index contributed by atoms with van der Waals surface area (Å²) in [5, 5.41) is 9.25. The van der Waals surface area contributed by atoms with Gasteiger partial charge in [0.1, 0.15) is 53.7 Å². The van der Waals surface area contributed by atoms with Crippen molar-refractivity contribution in [3.63, 3.8) is 0 Å². The summed E-state index contributed by atoms with van der Waals surface area (Å²) in [6.45, 7) is -9.26. The normalized spacial score (nSPS) is 34.4. The van der Waals surface area contributed by atoms with Crippen LogP contribution in [-0.4, -0.2) is 112 Å². The highest BCUT2D eigenvalue weighted by molar-refractivity contribution is 8.07. The predicted octanol–water partition coefficient (Wildman–Crippen LogP) is 3.18. The van der Waals surface area contributed by atoms with Crippen LogP contribution < -0.4 is 0 Å². The Morgan fingerprint density at radius 3 is 2.66 bits per heavy atom. The number of halogens is 1. The van der Waals surface area contributed by atoms with Crippen molar-refractivity contribution >= 4 is 65.2 Å². The fourth-order valence-electron chi connectivity index (χ4n) is 7.10. The number of benzene rings is 1. The molecule has 2 bridgehead atoms. The smallest absolute Gasteiger partial charge is 0.327 e. The van der Waals surface area contributed by atoms with Crippen LogP contribution in [0.3, 0.4) is 0 Å². The van der Waals surface area contributed by atoms with Crippen LogP contribution in [0.25, 0.3) is 22.3 Å². The Balaban J connectivity index is 1.02. The molecule has 2 unspecified atom stereocenters. The number of ether oxygens (including phenoxy) is 3.